The Hall–Kier alpha value is -1.10. The monoisotopic (exact) mass is 257 g/mol. The van der Waals surface area contributed by atoms with Crippen LogP contribution in [0.15, 0.2) is 0 Å². The van der Waals surface area contributed by atoms with Gasteiger partial charge in [-0.15, -0.1) is 0 Å². The van der Waals surface area contributed by atoms with Crippen molar-refractivity contribution in [2.24, 2.45) is 5.92 Å². The van der Waals surface area contributed by atoms with E-state index in [1.807, 2.05) is 13.8 Å². The van der Waals surface area contributed by atoms with E-state index >= 15 is 0 Å². The normalized spacial score (nSPS) is 18.2. The Bertz CT molecular complexity index is 301. The van der Waals surface area contributed by atoms with Gasteiger partial charge in [-0.1, -0.05) is 13.8 Å². The van der Waals surface area contributed by atoms with Gasteiger partial charge < -0.3 is 14.7 Å². The molecule has 1 rings (SSSR count). The van der Waals surface area contributed by atoms with E-state index in [0.29, 0.717) is 0 Å². The Labute approximate surface area is 108 Å². The van der Waals surface area contributed by atoms with Crippen molar-refractivity contribution in [2.75, 3.05) is 13.2 Å². The molecule has 0 aliphatic heterocycles. The Morgan fingerprint density at radius 3 is 2.44 bits per heavy atom. The quantitative estimate of drug-likeness (QED) is 0.716. The second-order valence-electron chi connectivity index (χ2n) is 5.05. The average Bonchev–Trinajstić information content (AvgIpc) is 3.15. The highest BCUT2D eigenvalue weighted by Gasteiger charge is 2.34. The summed E-state index contributed by atoms with van der Waals surface area (Å²) in [5.41, 5.74) is 0. The molecule has 1 saturated carbocycles. The zero-order valence-corrected chi connectivity index (χ0v) is 11.4. The van der Waals surface area contributed by atoms with Crippen LogP contribution in [-0.4, -0.2) is 47.2 Å². The summed E-state index contributed by atoms with van der Waals surface area (Å²) in [7, 11) is 0. The van der Waals surface area contributed by atoms with Crippen LogP contribution in [0.1, 0.15) is 40.0 Å². The van der Waals surface area contributed by atoms with E-state index in [-0.39, 0.29) is 31.2 Å². The Kier molecular flexibility index (Phi) is 5.59. The largest absolute Gasteiger partial charge is 0.481 e. The minimum Gasteiger partial charge on any atom is -0.481 e. The third-order valence-corrected chi connectivity index (χ3v) is 3.27. The van der Waals surface area contributed by atoms with E-state index in [1.165, 1.54) is 0 Å². The van der Waals surface area contributed by atoms with Gasteiger partial charge >= 0.3 is 5.97 Å². The molecule has 1 N–H and O–H groups in total. The van der Waals surface area contributed by atoms with Gasteiger partial charge in [-0.3, -0.25) is 9.59 Å². The second-order valence-corrected chi connectivity index (χ2v) is 5.05. The van der Waals surface area contributed by atoms with Crippen LogP contribution in [0.4, 0.5) is 0 Å². The van der Waals surface area contributed by atoms with Gasteiger partial charge in [0.25, 0.3) is 0 Å². The molecule has 0 spiro atoms. The van der Waals surface area contributed by atoms with Crippen molar-refractivity contribution in [3.05, 3.63) is 0 Å². The molecule has 1 aliphatic carbocycles. The van der Waals surface area contributed by atoms with Crippen LogP contribution >= 0.6 is 0 Å². The highest BCUT2D eigenvalue weighted by atomic mass is 16.5. The van der Waals surface area contributed by atoms with E-state index in [9.17, 15) is 9.59 Å². The zero-order valence-electron chi connectivity index (χ0n) is 11.4. The summed E-state index contributed by atoms with van der Waals surface area (Å²) in [5.74, 6) is -1.49. The van der Waals surface area contributed by atoms with Gasteiger partial charge in [0.2, 0.25) is 5.91 Å². The predicted octanol–water partition coefficient (Wildman–Crippen LogP) is 1.51. The first-order valence-corrected chi connectivity index (χ1v) is 6.59. The fraction of sp³-hybridized carbons (Fsp3) is 0.846. The number of hydrogen-bond acceptors (Lipinski definition) is 3. The Balaban J connectivity index is 2.46. The van der Waals surface area contributed by atoms with E-state index < -0.39 is 11.9 Å². The first-order chi connectivity index (χ1) is 8.45. The number of carboxylic acid groups (broad SMARTS) is 1. The SMILES string of the molecule is CCC(C)OCC(=O)N(CC(C)C(=O)O)C1CC1. The number of carbonyl (C=O) groups excluding carboxylic acids is 1. The highest BCUT2D eigenvalue weighted by Crippen LogP contribution is 2.27. The standard InChI is InChI=1S/C13H23NO4/c1-4-10(3)18-8-12(15)14(11-5-6-11)7-9(2)13(16)17/h9-11H,4-8H2,1-3H3,(H,16,17). The molecule has 2 atom stereocenters. The topological polar surface area (TPSA) is 66.8 Å². The molecule has 1 fully saturated rings. The molecule has 0 aromatic carbocycles. The van der Waals surface area contributed by atoms with Gasteiger partial charge in [-0.05, 0) is 26.2 Å². The predicted molar refractivity (Wildman–Crippen MR) is 67.2 cm³/mol. The maximum Gasteiger partial charge on any atom is 0.308 e. The van der Waals surface area contributed by atoms with E-state index in [0.717, 1.165) is 19.3 Å². The molecular weight excluding hydrogens is 234 g/mol. The van der Waals surface area contributed by atoms with Gasteiger partial charge in [0.1, 0.15) is 6.61 Å². The fourth-order valence-electron chi connectivity index (χ4n) is 1.63. The third-order valence-electron chi connectivity index (χ3n) is 3.27. The summed E-state index contributed by atoms with van der Waals surface area (Å²) < 4.78 is 5.42. The fourth-order valence-corrected chi connectivity index (χ4v) is 1.63. The van der Waals surface area contributed by atoms with Gasteiger partial charge in [0, 0.05) is 12.6 Å². The number of rotatable bonds is 8. The minimum absolute atomic E-state index is 0.0534. The van der Waals surface area contributed by atoms with Gasteiger partial charge in [-0.25, -0.2) is 0 Å². The lowest BCUT2D eigenvalue weighted by Crippen LogP contribution is -2.41. The van der Waals surface area contributed by atoms with Crippen molar-refractivity contribution in [3.8, 4) is 0 Å². The summed E-state index contributed by atoms with van der Waals surface area (Å²) >= 11 is 0. The maximum absolute atomic E-state index is 12.0. The number of hydrogen-bond donors (Lipinski definition) is 1. The summed E-state index contributed by atoms with van der Waals surface area (Å²) in [6.45, 7) is 5.88. The van der Waals surface area contributed by atoms with Crippen molar-refractivity contribution < 1.29 is 19.4 Å². The molecule has 104 valence electrons. The maximum atomic E-state index is 12.0. The summed E-state index contributed by atoms with van der Waals surface area (Å²) in [6.07, 6.45) is 2.87. The lowest BCUT2D eigenvalue weighted by Gasteiger charge is -2.25. The molecule has 1 amide bonds. The molecule has 0 saturated heterocycles. The summed E-state index contributed by atoms with van der Waals surface area (Å²) in [6, 6.07) is 0.222. The van der Waals surface area contributed by atoms with Crippen LogP contribution in [-0.2, 0) is 14.3 Å². The first kappa shape index (κ1) is 15.0. The molecule has 1 aliphatic rings. The van der Waals surface area contributed by atoms with Crippen molar-refractivity contribution in [3.63, 3.8) is 0 Å². The van der Waals surface area contributed by atoms with Crippen molar-refractivity contribution in [2.45, 2.75) is 52.2 Å². The molecule has 2 unspecified atom stereocenters. The smallest absolute Gasteiger partial charge is 0.308 e. The average molecular weight is 257 g/mol. The number of carboxylic acids is 1. The molecule has 0 aromatic heterocycles. The molecule has 5 heteroatoms. The van der Waals surface area contributed by atoms with Gasteiger partial charge in [-0.2, -0.15) is 0 Å². The molecule has 0 radical (unpaired) electrons. The number of aliphatic carboxylic acids is 1. The van der Waals surface area contributed by atoms with E-state index in [4.69, 9.17) is 9.84 Å². The lowest BCUT2D eigenvalue weighted by molar-refractivity contribution is -0.145. The number of carbonyl (C=O) groups is 2. The molecule has 0 aromatic rings. The molecule has 18 heavy (non-hydrogen) atoms. The number of amides is 1. The summed E-state index contributed by atoms with van der Waals surface area (Å²) in [5, 5.41) is 8.90. The minimum atomic E-state index is -0.865. The van der Waals surface area contributed by atoms with Gasteiger partial charge in [0.15, 0.2) is 0 Å². The van der Waals surface area contributed by atoms with Crippen LogP contribution in [0.25, 0.3) is 0 Å². The molecule has 0 heterocycles. The van der Waals surface area contributed by atoms with E-state index in [2.05, 4.69) is 0 Å². The molecular formula is C13H23NO4. The summed E-state index contributed by atoms with van der Waals surface area (Å²) in [4.78, 5) is 24.5. The molecule has 5 nitrogen and oxygen atoms in total. The highest BCUT2D eigenvalue weighted by molar-refractivity contribution is 5.79. The van der Waals surface area contributed by atoms with Crippen LogP contribution in [0.2, 0.25) is 0 Å². The van der Waals surface area contributed by atoms with Crippen LogP contribution in [0, 0.1) is 5.92 Å². The van der Waals surface area contributed by atoms with Crippen LogP contribution in [0.3, 0.4) is 0 Å². The lowest BCUT2D eigenvalue weighted by atomic mass is 10.1. The van der Waals surface area contributed by atoms with E-state index in [1.54, 1.807) is 11.8 Å². The number of nitrogens with zero attached hydrogens (tertiary/aromatic N) is 1. The van der Waals surface area contributed by atoms with Crippen LogP contribution < -0.4 is 0 Å². The first-order valence-electron chi connectivity index (χ1n) is 6.59. The molecule has 0 bridgehead atoms. The van der Waals surface area contributed by atoms with Crippen molar-refractivity contribution in [1.29, 1.82) is 0 Å². The Morgan fingerprint density at radius 2 is 2.00 bits per heavy atom. The third kappa shape index (κ3) is 4.64. The van der Waals surface area contributed by atoms with Crippen molar-refractivity contribution >= 4 is 11.9 Å². The second kappa shape index (κ2) is 6.73. The van der Waals surface area contributed by atoms with Crippen LogP contribution in [0.5, 0.6) is 0 Å². The van der Waals surface area contributed by atoms with Crippen molar-refractivity contribution in [1.82, 2.24) is 4.90 Å². The van der Waals surface area contributed by atoms with Gasteiger partial charge in [0.05, 0.1) is 12.0 Å². The zero-order chi connectivity index (χ0) is 13.7. The number of ether oxygens (including phenoxy) is 1. The Morgan fingerprint density at radius 1 is 1.39 bits per heavy atom.